The van der Waals surface area contributed by atoms with Gasteiger partial charge in [0.25, 0.3) is 0 Å². The van der Waals surface area contributed by atoms with Crippen LogP contribution < -0.4 is 5.32 Å². The highest BCUT2D eigenvalue weighted by molar-refractivity contribution is 5.93. The Morgan fingerprint density at radius 1 is 1.50 bits per heavy atom. The highest BCUT2D eigenvalue weighted by Crippen LogP contribution is 2.30. The Balaban J connectivity index is 2.12. The first-order chi connectivity index (χ1) is 8.50. The number of aryl methyl sites for hydroxylation is 1. The lowest BCUT2D eigenvalue weighted by Gasteiger charge is -2.23. The van der Waals surface area contributed by atoms with Crippen LogP contribution in [0, 0.1) is 6.92 Å². The predicted octanol–water partition coefficient (Wildman–Crippen LogP) is 1.81. The second kappa shape index (κ2) is 4.94. The number of aromatic nitrogens is 1. The fourth-order valence-electron chi connectivity index (χ4n) is 2.35. The first-order valence-electron chi connectivity index (χ1n) is 6.16. The fourth-order valence-corrected chi connectivity index (χ4v) is 2.35. The molecule has 1 aromatic rings. The predicted molar refractivity (Wildman–Crippen MR) is 67.8 cm³/mol. The summed E-state index contributed by atoms with van der Waals surface area (Å²) in [6, 6.07) is 1.70. The van der Waals surface area contributed by atoms with E-state index in [-0.39, 0.29) is 5.56 Å². The molecule has 0 aromatic carbocycles. The van der Waals surface area contributed by atoms with Crippen molar-refractivity contribution < 1.29 is 15.0 Å². The number of aromatic carboxylic acids is 1. The highest BCUT2D eigenvalue weighted by atomic mass is 16.4. The number of rotatable bonds is 4. The summed E-state index contributed by atoms with van der Waals surface area (Å²) in [6.07, 6.45) is 4.94. The SMILES string of the molecule is Cc1cc(NCC2(O)CCCC2)c(C(=O)O)cn1. The van der Waals surface area contributed by atoms with Crippen molar-refractivity contribution in [1.82, 2.24) is 4.98 Å². The Kier molecular flexibility index (Phi) is 3.52. The van der Waals surface area contributed by atoms with E-state index >= 15 is 0 Å². The van der Waals surface area contributed by atoms with Crippen molar-refractivity contribution in [2.75, 3.05) is 11.9 Å². The third-order valence-electron chi connectivity index (χ3n) is 3.41. The number of carboxylic acid groups (broad SMARTS) is 1. The molecule has 0 saturated heterocycles. The first-order valence-corrected chi connectivity index (χ1v) is 6.16. The minimum atomic E-state index is -1.01. The van der Waals surface area contributed by atoms with Gasteiger partial charge in [0.2, 0.25) is 0 Å². The van der Waals surface area contributed by atoms with Crippen LogP contribution in [0.25, 0.3) is 0 Å². The number of hydrogen-bond donors (Lipinski definition) is 3. The molecule has 5 heteroatoms. The Hall–Kier alpha value is -1.62. The van der Waals surface area contributed by atoms with E-state index in [9.17, 15) is 9.90 Å². The summed E-state index contributed by atoms with van der Waals surface area (Å²) in [7, 11) is 0. The number of carboxylic acids is 1. The smallest absolute Gasteiger partial charge is 0.339 e. The largest absolute Gasteiger partial charge is 0.478 e. The van der Waals surface area contributed by atoms with Crippen LogP contribution >= 0.6 is 0 Å². The minimum Gasteiger partial charge on any atom is -0.478 e. The van der Waals surface area contributed by atoms with Gasteiger partial charge in [-0.05, 0) is 25.8 Å². The average molecular weight is 250 g/mol. The molecule has 0 radical (unpaired) electrons. The number of hydrogen-bond acceptors (Lipinski definition) is 4. The molecule has 2 rings (SSSR count). The number of pyridine rings is 1. The second-order valence-electron chi connectivity index (χ2n) is 4.96. The average Bonchev–Trinajstić information content (AvgIpc) is 2.74. The van der Waals surface area contributed by atoms with Gasteiger partial charge in [-0.3, -0.25) is 4.98 Å². The van der Waals surface area contributed by atoms with Crippen LogP contribution in [0.4, 0.5) is 5.69 Å². The second-order valence-corrected chi connectivity index (χ2v) is 4.96. The molecule has 1 aromatic heterocycles. The summed E-state index contributed by atoms with van der Waals surface area (Å²) < 4.78 is 0. The summed E-state index contributed by atoms with van der Waals surface area (Å²) in [5, 5.41) is 22.3. The molecule has 1 saturated carbocycles. The van der Waals surface area contributed by atoms with Gasteiger partial charge in [-0.2, -0.15) is 0 Å². The molecule has 98 valence electrons. The molecule has 0 atom stereocenters. The number of nitrogens with zero attached hydrogens (tertiary/aromatic N) is 1. The molecule has 1 aliphatic carbocycles. The van der Waals surface area contributed by atoms with Crippen LogP contribution in [-0.2, 0) is 0 Å². The monoisotopic (exact) mass is 250 g/mol. The molecule has 1 aliphatic rings. The zero-order valence-electron chi connectivity index (χ0n) is 10.4. The van der Waals surface area contributed by atoms with Gasteiger partial charge in [0, 0.05) is 18.4 Å². The van der Waals surface area contributed by atoms with Crippen LogP contribution in [0.2, 0.25) is 0 Å². The molecule has 18 heavy (non-hydrogen) atoms. The Morgan fingerprint density at radius 3 is 2.78 bits per heavy atom. The lowest BCUT2D eigenvalue weighted by atomic mass is 10.0. The zero-order chi connectivity index (χ0) is 13.2. The lowest BCUT2D eigenvalue weighted by Crippen LogP contribution is -2.33. The van der Waals surface area contributed by atoms with E-state index in [0.717, 1.165) is 31.4 Å². The topological polar surface area (TPSA) is 82.5 Å². The third-order valence-corrected chi connectivity index (χ3v) is 3.41. The van der Waals surface area contributed by atoms with E-state index < -0.39 is 11.6 Å². The van der Waals surface area contributed by atoms with E-state index in [1.807, 2.05) is 0 Å². The van der Waals surface area contributed by atoms with E-state index in [1.54, 1.807) is 13.0 Å². The van der Waals surface area contributed by atoms with Crippen LogP contribution in [0.3, 0.4) is 0 Å². The standard InChI is InChI=1S/C13H18N2O3/c1-9-6-11(10(7-14-9)12(16)17)15-8-13(18)4-2-3-5-13/h6-7,18H,2-5,8H2,1H3,(H,14,15)(H,16,17). The minimum absolute atomic E-state index is 0.141. The van der Waals surface area contributed by atoms with Crippen LogP contribution in [-0.4, -0.2) is 33.3 Å². The quantitative estimate of drug-likeness (QED) is 0.759. The number of anilines is 1. The third kappa shape index (κ3) is 2.79. The summed E-state index contributed by atoms with van der Waals surface area (Å²) >= 11 is 0. The maximum absolute atomic E-state index is 11.1. The molecule has 1 heterocycles. The van der Waals surface area contributed by atoms with Gasteiger partial charge in [-0.1, -0.05) is 12.8 Å². The van der Waals surface area contributed by atoms with Gasteiger partial charge in [0.1, 0.15) is 5.56 Å². The van der Waals surface area contributed by atoms with Gasteiger partial charge in [-0.25, -0.2) is 4.79 Å². The van der Waals surface area contributed by atoms with Gasteiger partial charge in [0.15, 0.2) is 0 Å². The van der Waals surface area contributed by atoms with Gasteiger partial charge < -0.3 is 15.5 Å². The summed E-state index contributed by atoms with van der Waals surface area (Å²) in [5.41, 5.74) is 0.714. The molecule has 0 unspecified atom stereocenters. The molecule has 5 nitrogen and oxygen atoms in total. The Labute approximate surface area is 106 Å². The van der Waals surface area contributed by atoms with Crippen LogP contribution in [0.5, 0.6) is 0 Å². The molecule has 0 spiro atoms. The normalized spacial score (nSPS) is 17.7. The van der Waals surface area contributed by atoms with Crippen molar-refractivity contribution in [2.45, 2.75) is 38.2 Å². The van der Waals surface area contributed by atoms with E-state index in [1.165, 1.54) is 6.20 Å². The lowest BCUT2D eigenvalue weighted by molar-refractivity contribution is 0.0610. The van der Waals surface area contributed by atoms with Crippen LogP contribution in [0.15, 0.2) is 12.3 Å². The highest BCUT2D eigenvalue weighted by Gasteiger charge is 2.31. The van der Waals surface area contributed by atoms with Crippen molar-refractivity contribution in [2.24, 2.45) is 0 Å². The van der Waals surface area contributed by atoms with E-state index in [2.05, 4.69) is 10.3 Å². The van der Waals surface area contributed by atoms with Crippen LogP contribution in [0.1, 0.15) is 41.7 Å². The molecular formula is C13H18N2O3. The first kappa shape index (κ1) is 12.8. The van der Waals surface area contributed by atoms with Gasteiger partial charge in [0.05, 0.1) is 11.3 Å². The summed E-state index contributed by atoms with van der Waals surface area (Å²) in [5.74, 6) is -1.01. The maximum Gasteiger partial charge on any atom is 0.339 e. The van der Waals surface area contributed by atoms with E-state index in [0.29, 0.717) is 12.2 Å². The maximum atomic E-state index is 11.1. The Morgan fingerprint density at radius 2 is 2.17 bits per heavy atom. The molecule has 3 N–H and O–H groups in total. The van der Waals surface area contributed by atoms with Crippen molar-refractivity contribution in [1.29, 1.82) is 0 Å². The molecule has 0 amide bonds. The summed E-state index contributed by atoms with van der Waals surface area (Å²) in [4.78, 5) is 15.0. The van der Waals surface area contributed by atoms with Crippen molar-refractivity contribution in [3.63, 3.8) is 0 Å². The number of carbonyl (C=O) groups is 1. The molecule has 1 fully saturated rings. The van der Waals surface area contributed by atoms with Crippen molar-refractivity contribution >= 4 is 11.7 Å². The van der Waals surface area contributed by atoms with Crippen molar-refractivity contribution in [3.05, 3.63) is 23.5 Å². The van der Waals surface area contributed by atoms with Gasteiger partial charge in [-0.15, -0.1) is 0 Å². The molecular weight excluding hydrogens is 232 g/mol. The zero-order valence-corrected chi connectivity index (χ0v) is 10.4. The molecule has 0 aliphatic heterocycles. The molecule has 0 bridgehead atoms. The fraction of sp³-hybridized carbons (Fsp3) is 0.538. The summed E-state index contributed by atoms with van der Waals surface area (Å²) in [6.45, 7) is 2.19. The Bertz CT molecular complexity index is 454. The number of nitrogens with one attached hydrogen (secondary N) is 1. The number of aliphatic hydroxyl groups is 1. The van der Waals surface area contributed by atoms with Crippen molar-refractivity contribution in [3.8, 4) is 0 Å². The van der Waals surface area contributed by atoms with E-state index in [4.69, 9.17) is 5.11 Å². The van der Waals surface area contributed by atoms with Gasteiger partial charge >= 0.3 is 5.97 Å².